The molecule has 1 atom stereocenters. The van der Waals surface area contributed by atoms with Crippen LogP contribution in [0.1, 0.15) is 17.3 Å². The van der Waals surface area contributed by atoms with E-state index in [1.807, 2.05) is 0 Å². The number of carbonyl (C=O) groups is 1. The van der Waals surface area contributed by atoms with E-state index >= 15 is 0 Å². The van der Waals surface area contributed by atoms with Gasteiger partial charge in [0.15, 0.2) is 5.82 Å². The van der Waals surface area contributed by atoms with Crippen LogP contribution in [0.2, 0.25) is 0 Å². The van der Waals surface area contributed by atoms with Crippen LogP contribution < -0.4 is 5.32 Å². The summed E-state index contributed by atoms with van der Waals surface area (Å²) in [5.41, 5.74) is -0.146. The molecule has 0 spiro atoms. The third kappa shape index (κ3) is 4.46. The van der Waals surface area contributed by atoms with E-state index in [2.05, 4.69) is 21.2 Å². The zero-order valence-electron chi connectivity index (χ0n) is 10.3. The number of nitrogens with one attached hydrogen (secondary N) is 1. The third-order valence-corrected chi connectivity index (χ3v) is 4.15. The van der Waals surface area contributed by atoms with E-state index in [0.717, 1.165) is 6.26 Å². The minimum Gasteiger partial charge on any atom is -0.478 e. The van der Waals surface area contributed by atoms with Crippen LogP contribution in [0.4, 0.5) is 10.1 Å². The fourth-order valence-corrected chi connectivity index (χ4v) is 3.09. The van der Waals surface area contributed by atoms with Gasteiger partial charge in [-0.3, -0.25) is 0 Å². The average molecular weight is 354 g/mol. The normalized spacial score (nSPS) is 13.1. The highest BCUT2D eigenvalue weighted by Gasteiger charge is 2.18. The first-order valence-electron chi connectivity index (χ1n) is 5.27. The second-order valence-electron chi connectivity index (χ2n) is 4.23. The molecule has 8 heteroatoms. The summed E-state index contributed by atoms with van der Waals surface area (Å²) in [5.74, 6) is -2.16. The molecule has 1 aromatic carbocycles. The van der Waals surface area contributed by atoms with Crippen LogP contribution in [0.5, 0.6) is 0 Å². The van der Waals surface area contributed by atoms with E-state index in [4.69, 9.17) is 5.11 Å². The number of carboxylic acid groups (broad SMARTS) is 1. The predicted molar refractivity (Wildman–Crippen MR) is 73.9 cm³/mol. The number of carboxylic acids is 1. The molecule has 1 aromatic rings. The van der Waals surface area contributed by atoms with Crippen LogP contribution in [0.25, 0.3) is 0 Å². The topological polar surface area (TPSA) is 83.5 Å². The molecule has 0 heterocycles. The highest BCUT2D eigenvalue weighted by atomic mass is 79.9. The van der Waals surface area contributed by atoms with Gasteiger partial charge in [-0.25, -0.2) is 17.6 Å². The van der Waals surface area contributed by atoms with Gasteiger partial charge >= 0.3 is 5.97 Å². The van der Waals surface area contributed by atoms with Crippen LogP contribution in [-0.2, 0) is 9.84 Å². The van der Waals surface area contributed by atoms with Crippen molar-refractivity contribution in [3.05, 3.63) is 28.0 Å². The van der Waals surface area contributed by atoms with Crippen molar-refractivity contribution in [2.45, 2.75) is 13.0 Å². The van der Waals surface area contributed by atoms with Crippen LogP contribution in [0, 0.1) is 5.82 Å². The summed E-state index contributed by atoms with van der Waals surface area (Å²) in [6.45, 7) is 1.60. The lowest BCUT2D eigenvalue weighted by molar-refractivity contribution is 0.0695. The predicted octanol–water partition coefficient (Wildman–Crippen LogP) is 2.13. The first-order valence-corrected chi connectivity index (χ1v) is 8.12. The summed E-state index contributed by atoms with van der Waals surface area (Å²) in [7, 11) is -3.18. The second kappa shape index (κ2) is 5.87. The van der Waals surface area contributed by atoms with Gasteiger partial charge in [0.2, 0.25) is 0 Å². The lowest BCUT2D eigenvalue weighted by Gasteiger charge is -2.16. The van der Waals surface area contributed by atoms with E-state index in [1.54, 1.807) is 6.92 Å². The summed E-state index contributed by atoms with van der Waals surface area (Å²) in [5, 5.41) is 11.5. The maximum atomic E-state index is 13.9. The molecule has 0 aliphatic heterocycles. The molecule has 19 heavy (non-hydrogen) atoms. The summed E-state index contributed by atoms with van der Waals surface area (Å²) < 4.78 is 35.9. The number of anilines is 1. The molecule has 0 amide bonds. The molecule has 0 bridgehead atoms. The van der Waals surface area contributed by atoms with Crippen molar-refractivity contribution < 1.29 is 22.7 Å². The Balaban J connectivity index is 2.98. The standard InChI is InChI=1S/C11H13BrFNO4S/c1-6(5-19(2,17)18)14-8-4-3-7(11(15)16)9(12)10(8)13/h3-4,6,14H,5H2,1-2H3,(H,15,16). The largest absolute Gasteiger partial charge is 0.478 e. The Hall–Kier alpha value is -1.15. The summed E-state index contributed by atoms with van der Waals surface area (Å²) >= 11 is 2.87. The average Bonchev–Trinajstić information content (AvgIpc) is 2.21. The molecule has 0 aliphatic rings. The molecule has 1 rings (SSSR count). The molecule has 0 saturated heterocycles. The van der Waals surface area contributed by atoms with Crippen LogP contribution in [0.3, 0.4) is 0 Å². The van der Waals surface area contributed by atoms with Crippen molar-refractivity contribution in [1.82, 2.24) is 0 Å². The van der Waals surface area contributed by atoms with Gasteiger partial charge in [-0.1, -0.05) is 0 Å². The molecule has 2 N–H and O–H groups in total. The smallest absolute Gasteiger partial charge is 0.336 e. The van der Waals surface area contributed by atoms with Gasteiger partial charge in [-0.2, -0.15) is 0 Å². The summed E-state index contributed by atoms with van der Waals surface area (Å²) in [4.78, 5) is 10.8. The number of hydrogen-bond donors (Lipinski definition) is 2. The Morgan fingerprint density at radius 2 is 2.11 bits per heavy atom. The zero-order chi connectivity index (χ0) is 14.8. The van der Waals surface area contributed by atoms with Crippen LogP contribution in [-0.4, -0.2) is 37.5 Å². The van der Waals surface area contributed by atoms with E-state index in [1.165, 1.54) is 12.1 Å². The van der Waals surface area contributed by atoms with Gasteiger partial charge in [-0.15, -0.1) is 0 Å². The Labute approximate surface area is 118 Å². The SMILES string of the molecule is CC(CS(C)(=O)=O)Nc1ccc(C(=O)O)c(Br)c1F. The highest BCUT2D eigenvalue weighted by Crippen LogP contribution is 2.27. The van der Waals surface area contributed by atoms with Crippen LogP contribution >= 0.6 is 15.9 Å². The van der Waals surface area contributed by atoms with Crippen molar-refractivity contribution in [2.24, 2.45) is 0 Å². The van der Waals surface area contributed by atoms with E-state index < -0.39 is 27.7 Å². The number of hydrogen-bond acceptors (Lipinski definition) is 4. The highest BCUT2D eigenvalue weighted by molar-refractivity contribution is 9.10. The summed E-state index contributed by atoms with van der Waals surface area (Å²) in [6.07, 6.45) is 1.09. The van der Waals surface area contributed by atoms with Gasteiger partial charge < -0.3 is 10.4 Å². The van der Waals surface area contributed by atoms with Gasteiger partial charge in [0.1, 0.15) is 9.84 Å². The lowest BCUT2D eigenvalue weighted by Crippen LogP contribution is -2.25. The first kappa shape index (κ1) is 15.9. The van der Waals surface area contributed by atoms with E-state index in [9.17, 15) is 17.6 Å². The van der Waals surface area contributed by atoms with Crippen LogP contribution in [0.15, 0.2) is 16.6 Å². The van der Waals surface area contributed by atoms with Crippen molar-refractivity contribution in [3.63, 3.8) is 0 Å². The second-order valence-corrected chi connectivity index (χ2v) is 7.21. The monoisotopic (exact) mass is 353 g/mol. The lowest BCUT2D eigenvalue weighted by atomic mass is 10.2. The molecule has 0 saturated carbocycles. The van der Waals surface area contributed by atoms with Gasteiger partial charge in [0.05, 0.1) is 21.5 Å². The molecule has 0 fully saturated rings. The molecular weight excluding hydrogens is 341 g/mol. The van der Waals surface area contributed by atoms with Crippen molar-refractivity contribution in [3.8, 4) is 0 Å². The van der Waals surface area contributed by atoms with E-state index in [0.29, 0.717) is 0 Å². The molecule has 106 valence electrons. The number of benzene rings is 1. The fourth-order valence-electron chi connectivity index (χ4n) is 1.59. The van der Waals surface area contributed by atoms with Gasteiger partial charge in [0, 0.05) is 12.3 Å². The Morgan fingerprint density at radius 1 is 1.53 bits per heavy atom. The quantitative estimate of drug-likeness (QED) is 0.847. The molecule has 1 unspecified atom stereocenters. The number of aromatic carboxylic acids is 1. The Bertz CT molecular complexity index is 603. The molecular formula is C11H13BrFNO4S. The third-order valence-electron chi connectivity index (χ3n) is 2.27. The number of rotatable bonds is 5. The molecule has 0 radical (unpaired) electrons. The minimum atomic E-state index is -3.18. The van der Waals surface area contributed by atoms with Gasteiger partial charge in [-0.05, 0) is 35.0 Å². The van der Waals surface area contributed by atoms with Crippen molar-refractivity contribution >= 4 is 37.4 Å². The van der Waals surface area contributed by atoms with E-state index in [-0.39, 0.29) is 21.5 Å². The molecule has 0 aromatic heterocycles. The molecule has 0 aliphatic carbocycles. The Morgan fingerprint density at radius 3 is 2.58 bits per heavy atom. The zero-order valence-corrected chi connectivity index (χ0v) is 12.7. The number of sulfone groups is 1. The fraction of sp³-hybridized carbons (Fsp3) is 0.364. The maximum absolute atomic E-state index is 13.9. The maximum Gasteiger partial charge on any atom is 0.336 e. The summed E-state index contributed by atoms with van der Waals surface area (Å²) in [6, 6.07) is 2.01. The minimum absolute atomic E-state index is 0.0491. The van der Waals surface area contributed by atoms with Gasteiger partial charge in [0.25, 0.3) is 0 Å². The van der Waals surface area contributed by atoms with Crippen molar-refractivity contribution in [2.75, 3.05) is 17.3 Å². The van der Waals surface area contributed by atoms with Crippen molar-refractivity contribution in [1.29, 1.82) is 0 Å². The number of halogens is 2. The first-order chi connectivity index (χ1) is 8.61. The molecule has 5 nitrogen and oxygen atoms in total. The Kier molecular flexibility index (Phi) is 4.92.